The monoisotopic (exact) mass is 343 g/mol. The largest absolute Gasteiger partial charge is 0.573 e. The molecule has 128 valence electrons. The third-order valence-electron chi connectivity index (χ3n) is 2.97. The van der Waals surface area contributed by atoms with Crippen molar-refractivity contribution >= 4 is 11.6 Å². The van der Waals surface area contributed by atoms with Crippen LogP contribution in [0.4, 0.5) is 23.2 Å². The van der Waals surface area contributed by atoms with Gasteiger partial charge in [0.1, 0.15) is 0 Å². The van der Waals surface area contributed by atoms with Crippen molar-refractivity contribution in [3.05, 3.63) is 53.8 Å². The van der Waals surface area contributed by atoms with E-state index in [-0.39, 0.29) is 17.9 Å². The number of carbonyl (C=O) groups is 1. The minimum absolute atomic E-state index is 0.0306. The zero-order valence-electron chi connectivity index (χ0n) is 12.5. The fraction of sp³-hybridized carbons (Fsp3) is 0.188. The number of nitrogens with one attached hydrogen (secondary N) is 1. The van der Waals surface area contributed by atoms with Crippen molar-refractivity contribution in [2.24, 2.45) is 0 Å². The quantitative estimate of drug-likeness (QED) is 0.838. The summed E-state index contributed by atoms with van der Waals surface area (Å²) in [7, 11) is 1.31. The van der Waals surface area contributed by atoms with Gasteiger partial charge in [0.2, 0.25) is 5.91 Å². The van der Waals surface area contributed by atoms with Crippen LogP contribution in [0.25, 0.3) is 0 Å². The molecule has 0 saturated carbocycles. The summed E-state index contributed by atoms with van der Waals surface area (Å²) in [5.74, 6) is -1.75. The molecule has 0 fully saturated rings. The topological polar surface area (TPSA) is 47.6 Å². The van der Waals surface area contributed by atoms with Crippen LogP contribution in [0, 0.1) is 5.82 Å². The number of rotatable bonds is 5. The van der Waals surface area contributed by atoms with Crippen molar-refractivity contribution in [1.29, 1.82) is 0 Å². The molecule has 0 unspecified atom stereocenters. The summed E-state index contributed by atoms with van der Waals surface area (Å²) < 4.78 is 59.2. The molecule has 8 heteroatoms. The lowest BCUT2D eigenvalue weighted by molar-refractivity contribution is -0.274. The summed E-state index contributed by atoms with van der Waals surface area (Å²) in [4.78, 5) is 12.0. The van der Waals surface area contributed by atoms with Gasteiger partial charge in [-0.25, -0.2) is 4.39 Å². The molecule has 24 heavy (non-hydrogen) atoms. The minimum atomic E-state index is -4.88. The summed E-state index contributed by atoms with van der Waals surface area (Å²) in [6.07, 6.45) is -5.10. The summed E-state index contributed by atoms with van der Waals surface area (Å²) >= 11 is 0. The standard InChI is InChI=1S/C16H13F4NO3/c1-23-13-7-6-10(8-11(13)17)9-15(22)21-12-4-2-3-5-14(12)24-16(18,19)20/h2-8H,9H2,1H3,(H,21,22). The van der Waals surface area contributed by atoms with E-state index in [0.717, 1.165) is 12.1 Å². The number of amides is 1. The van der Waals surface area contributed by atoms with Gasteiger partial charge < -0.3 is 14.8 Å². The third-order valence-corrected chi connectivity index (χ3v) is 2.97. The maximum Gasteiger partial charge on any atom is 0.573 e. The Bertz CT molecular complexity index is 732. The Hall–Kier alpha value is -2.77. The maximum absolute atomic E-state index is 13.6. The highest BCUT2D eigenvalue weighted by atomic mass is 19.4. The zero-order valence-corrected chi connectivity index (χ0v) is 12.5. The fourth-order valence-electron chi connectivity index (χ4n) is 1.98. The van der Waals surface area contributed by atoms with E-state index in [1.54, 1.807) is 0 Å². The molecule has 2 rings (SSSR count). The molecule has 0 atom stereocenters. The van der Waals surface area contributed by atoms with Crippen molar-refractivity contribution in [3.63, 3.8) is 0 Å². The first-order valence-corrected chi connectivity index (χ1v) is 6.75. The van der Waals surface area contributed by atoms with Crippen molar-refractivity contribution in [1.82, 2.24) is 0 Å². The smallest absolute Gasteiger partial charge is 0.494 e. The van der Waals surface area contributed by atoms with Crippen molar-refractivity contribution in [2.45, 2.75) is 12.8 Å². The fourth-order valence-corrected chi connectivity index (χ4v) is 1.98. The van der Waals surface area contributed by atoms with Crippen LogP contribution in [-0.4, -0.2) is 19.4 Å². The number of carbonyl (C=O) groups excluding carboxylic acids is 1. The van der Waals surface area contributed by atoms with Crippen LogP contribution in [0.15, 0.2) is 42.5 Å². The van der Waals surface area contributed by atoms with Gasteiger partial charge in [0.25, 0.3) is 0 Å². The van der Waals surface area contributed by atoms with Gasteiger partial charge in [0.05, 0.1) is 19.2 Å². The SMILES string of the molecule is COc1ccc(CC(=O)Nc2ccccc2OC(F)(F)F)cc1F. The molecule has 0 heterocycles. The number of ether oxygens (including phenoxy) is 2. The molecule has 0 aromatic heterocycles. The van der Waals surface area contributed by atoms with Crippen LogP contribution >= 0.6 is 0 Å². The third kappa shape index (κ3) is 4.87. The van der Waals surface area contributed by atoms with E-state index in [9.17, 15) is 22.4 Å². The lowest BCUT2D eigenvalue weighted by atomic mass is 10.1. The summed E-state index contributed by atoms with van der Waals surface area (Å²) in [6, 6.07) is 9.11. The van der Waals surface area contributed by atoms with E-state index >= 15 is 0 Å². The van der Waals surface area contributed by atoms with Crippen LogP contribution in [0.2, 0.25) is 0 Å². The van der Waals surface area contributed by atoms with E-state index in [1.165, 1.54) is 37.4 Å². The molecule has 0 aliphatic heterocycles. The molecular formula is C16H13F4NO3. The number of halogens is 4. The first-order chi connectivity index (χ1) is 11.3. The molecule has 2 aromatic rings. The Labute approximate surface area is 135 Å². The first kappa shape index (κ1) is 17.6. The van der Waals surface area contributed by atoms with E-state index in [1.807, 2.05) is 0 Å². The Morgan fingerprint density at radius 3 is 2.46 bits per heavy atom. The minimum Gasteiger partial charge on any atom is -0.494 e. The highest BCUT2D eigenvalue weighted by Gasteiger charge is 2.32. The second-order valence-corrected chi connectivity index (χ2v) is 4.74. The van der Waals surface area contributed by atoms with Crippen molar-refractivity contribution in [2.75, 3.05) is 12.4 Å². The van der Waals surface area contributed by atoms with Crippen LogP contribution in [0.1, 0.15) is 5.56 Å². The Balaban J connectivity index is 2.09. The molecule has 0 aliphatic carbocycles. The number of alkyl halides is 3. The van der Waals surface area contributed by atoms with E-state index in [4.69, 9.17) is 4.74 Å². The van der Waals surface area contributed by atoms with Gasteiger partial charge in [-0.2, -0.15) is 0 Å². The zero-order chi connectivity index (χ0) is 17.7. The molecule has 4 nitrogen and oxygen atoms in total. The summed E-state index contributed by atoms with van der Waals surface area (Å²) in [5, 5.41) is 2.31. The van der Waals surface area contributed by atoms with Crippen LogP contribution in [-0.2, 0) is 11.2 Å². The number of benzene rings is 2. The normalized spacial score (nSPS) is 11.0. The molecular weight excluding hydrogens is 330 g/mol. The highest BCUT2D eigenvalue weighted by Crippen LogP contribution is 2.30. The molecule has 0 radical (unpaired) electrons. The van der Waals surface area contributed by atoms with Gasteiger partial charge >= 0.3 is 6.36 Å². The summed E-state index contributed by atoms with van der Waals surface area (Å²) in [5.41, 5.74) is 0.217. The van der Waals surface area contributed by atoms with Crippen LogP contribution in [0.3, 0.4) is 0 Å². The first-order valence-electron chi connectivity index (χ1n) is 6.75. The number of hydrogen-bond acceptors (Lipinski definition) is 3. The van der Waals surface area contributed by atoms with E-state index in [0.29, 0.717) is 5.56 Å². The van der Waals surface area contributed by atoms with Crippen LogP contribution in [0.5, 0.6) is 11.5 Å². The second-order valence-electron chi connectivity index (χ2n) is 4.74. The van der Waals surface area contributed by atoms with Crippen molar-refractivity contribution < 1.29 is 31.8 Å². The number of hydrogen-bond donors (Lipinski definition) is 1. The lowest BCUT2D eigenvalue weighted by Crippen LogP contribution is -2.20. The molecule has 1 N–H and O–H groups in total. The number of methoxy groups -OCH3 is 1. The predicted octanol–water partition coefficient (Wildman–Crippen LogP) is 3.91. The van der Waals surface area contributed by atoms with Gasteiger partial charge in [0, 0.05) is 0 Å². The molecule has 1 amide bonds. The summed E-state index contributed by atoms with van der Waals surface area (Å²) in [6.45, 7) is 0. The molecule has 0 spiro atoms. The molecule has 0 bridgehead atoms. The van der Waals surface area contributed by atoms with E-state index in [2.05, 4.69) is 10.1 Å². The average Bonchev–Trinajstić information content (AvgIpc) is 2.48. The predicted molar refractivity (Wildman–Crippen MR) is 78.4 cm³/mol. The van der Waals surface area contributed by atoms with Crippen LogP contribution < -0.4 is 14.8 Å². The van der Waals surface area contributed by atoms with Gasteiger partial charge in [-0.3, -0.25) is 4.79 Å². The second kappa shape index (κ2) is 7.20. The van der Waals surface area contributed by atoms with E-state index < -0.39 is 23.8 Å². The lowest BCUT2D eigenvalue weighted by Gasteiger charge is -2.14. The Kier molecular flexibility index (Phi) is 5.28. The number of para-hydroxylation sites is 2. The molecule has 0 aliphatic rings. The average molecular weight is 343 g/mol. The van der Waals surface area contributed by atoms with Gasteiger partial charge in [-0.15, -0.1) is 13.2 Å². The molecule has 0 saturated heterocycles. The van der Waals surface area contributed by atoms with Gasteiger partial charge in [0.15, 0.2) is 17.3 Å². The molecule has 2 aromatic carbocycles. The van der Waals surface area contributed by atoms with Gasteiger partial charge in [-0.1, -0.05) is 18.2 Å². The van der Waals surface area contributed by atoms with Gasteiger partial charge in [-0.05, 0) is 29.8 Å². The maximum atomic E-state index is 13.6. The number of anilines is 1. The Morgan fingerprint density at radius 1 is 1.12 bits per heavy atom. The Morgan fingerprint density at radius 2 is 1.83 bits per heavy atom. The highest BCUT2D eigenvalue weighted by molar-refractivity contribution is 5.93. The van der Waals surface area contributed by atoms with Crippen molar-refractivity contribution in [3.8, 4) is 11.5 Å².